The predicted octanol–water partition coefficient (Wildman–Crippen LogP) is 7.76. The Bertz CT molecular complexity index is 1610. The van der Waals surface area contributed by atoms with Crippen molar-refractivity contribution >= 4 is 29.4 Å². The Morgan fingerprint density at radius 3 is 1.20 bits per heavy atom. The molecule has 2 aromatic heterocycles. The lowest BCUT2D eigenvalue weighted by Gasteiger charge is -2.25. The van der Waals surface area contributed by atoms with E-state index in [2.05, 4.69) is 48.5 Å². The van der Waals surface area contributed by atoms with Gasteiger partial charge in [0, 0.05) is 12.1 Å². The highest BCUT2D eigenvalue weighted by atomic mass is 28.2. The molecular weight excluding hydrogens is 589 g/mol. The molecule has 0 bridgehead atoms. The smallest absolute Gasteiger partial charge is 0.219 e. The van der Waals surface area contributed by atoms with Crippen LogP contribution in [0.4, 0.5) is 0 Å². The molecule has 6 rings (SSSR count). The molecule has 0 aliphatic carbocycles. The van der Waals surface area contributed by atoms with Crippen LogP contribution in [-0.2, 0) is 4.74 Å². The molecule has 5 nitrogen and oxygen atoms in total. The van der Waals surface area contributed by atoms with E-state index in [9.17, 15) is 0 Å². The van der Waals surface area contributed by atoms with Gasteiger partial charge in [0.1, 0.15) is 11.5 Å². The Morgan fingerprint density at radius 2 is 0.800 bits per heavy atom. The van der Waals surface area contributed by atoms with E-state index in [1.807, 2.05) is 109 Å². The number of pyridine rings is 2. The van der Waals surface area contributed by atoms with Crippen LogP contribution in [0.5, 0.6) is 23.3 Å². The number of nitrogens with zero attached hydrogens (tertiary/aromatic N) is 2. The van der Waals surface area contributed by atoms with Crippen molar-refractivity contribution in [3.05, 3.63) is 169 Å². The Kier molecular flexibility index (Phi) is 10.6. The van der Waals surface area contributed by atoms with Gasteiger partial charge in [-0.2, -0.15) is 0 Å². The van der Waals surface area contributed by atoms with Gasteiger partial charge in [-0.25, -0.2) is 9.97 Å². The van der Waals surface area contributed by atoms with Crippen molar-refractivity contribution in [1.29, 1.82) is 0 Å². The molecule has 0 amide bonds. The van der Waals surface area contributed by atoms with Crippen molar-refractivity contribution in [3.8, 4) is 23.3 Å². The number of ether oxygens (including phenoxy) is 3. The molecule has 4 radical (unpaired) electrons. The van der Waals surface area contributed by atoms with Crippen LogP contribution in [0.1, 0.15) is 23.6 Å². The zero-order valence-corrected chi connectivity index (χ0v) is 26.7. The quantitative estimate of drug-likeness (QED) is 0.117. The van der Waals surface area contributed by atoms with Gasteiger partial charge in [0.25, 0.3) is 0 Å². The van der Waals surface area contributed by atoms with Gasteiger partial charge in [0.15, 0.2) is 0 Å². The molecule has 0 saturated heterocycles. The minimum Gasteiger partial charge on any atom is -0.439 e. The topological polar surface area (TPSA) is 53.5 Å². The maximum Gasteiger partial charge on any atom is 0.219 e. The Morgan fingerprint density at radius 1 is 0.422 bits per heavy atom. The van der Waals surface area contributed by atoms with Crippen molar-refractivity contribution < 1.29 is 14.2 Å². The summed E-state index contributed by atoms with van der Waals surface area (Å²) >= 11 is 0. The summed E-state index contributed by atoms with van der Waals surface area (Å²) in [5, 5.41) is 2.56. The molecule has 2 heterocycles. The maximum atomic E-state index is 7.05. The second-order valence-electron chi connectivity index (χ2n) is 10.2. The van der Waals surface area contributed by atoms with E-state index in [1.54, 1.807) is 0 Å². The van der Waals surface area contributed by atoms with E-state index in [-0.39, 0.29) is 12.2 Å². The molecular formula is C38H32N2O3Si2. The first-order chi connectivity index (χ1) is 22.3. The first-order valence-corrected chi connectivity index (χ1v) is 17.3. The fourth-order valence-corrected chi connectivity index (χ4v) is 7.04. The maximum absolute atomic E-state index is 7.05. The average molecular weight is 621 g/mol. The molecule has 0 aliphatic rings. The summed E-state index contributed by atoms with van der Waals surface area (Å²) in [6.45, 7) is 0. The standard InChI is InChI=1S/C38H32N2O3Si2/c1-5-15-29(16-6-1)41-37-25-13-23-33(39-37)35(27-44-31-19-9-3-10-20-31)43-36(28-45-32-21-11-4-12-22-32)34-24-14-26-38(40-34)42-30-17-7-2-8-18-30/h1-26,35-36H,27-28H2. The SMILES string of the molecule is c1ccc(Oc2cccc(C(C[Si]c3ccccc3)OC(C[Si]c3ccccc3)c3cccc(Oc4ccccc4)n3)n2)cc1. The van der Waals surface area contributed by atoms with Crippen LogP contribution in [0.25, 0.3) is 0 Å². The predicted molar refractivity (Wildman–Crippen MR) is 181 cm³/mol. The van der Waals surface area contributed by atoms with Crippen LogP contribution in [0.2, 0.25) is 12.1 Å². The molecule has 0 fully saturated rings. The molecule has 4 aromatic carbocycles. The van der Waals surface area contributed by atoms with Crippen molar-refractivity contribution in [2.45, 2.75) is 24.3 Å². The van der Waals surface area contributed by atoms with Gasteiger partial charge in [-0.15, -0.1) is 0 Å². The van der Waals surface area contributed by atoms with Crippen molar-refractivity contribution in [2.75, 3.05) is 0 Å². The third kappa shape index (κ3) is 9.09. The number of aromatic nitrogens is 2. The van der Waals surface area contributed by atoms with Gasteiger partial charge in [-0.3, -0.25) is 0 Å². The fourth-order valence-electron chi connectivity index (χ4n) is 4.73. The summed E-state index contributed by atoms with van der Waals surface area (Å²) in [6, 6.07) is 53.8. The van der Waals surface area contributed by atoms with Gasteiger partial charge in [0.2, 0.25) is 11.8 Å². The lowest BCUT2D eigenvalue weighted by atomic mass is 10.2. The zero-order chi connectivity index (χ0) is 30.5. The van der Waals surface area contributed by atoms with Gasteiger partial charge in [-0.1, -0.05) is 120 Å². The minimum atomic E-state index is -0.283. The summed E-state index contributed by atoms with van der Waals surface area (Å²) in [4.78, 5) is 9.87. The molecule has 6 aromatic rings. The highest BCUT2D eigenvalue weighted by Gasteiger charge is 2.24. The number of benzene rings is 4. The molecule has 2 unspecified atom stereocenters. The monoisotopic (exact) mass is 620 g/mol. The molecule has 0 spiro atoms. The summed E-state index contributed by atoms with van der Waals surface area (Å²) in [6.07, 6.45) is -0.567. The summed E-state index contributed by atoms with van der Waals surface area (Å²) < 4.78 is 19.3. The second kappa shape index (κ2) is 15.8. The van der Waals surface area contributed by atoms with E-state index in [4.69, 9.17) is 24.2 Å². The number of hydrogen-bond acceptors (Lipinski definition) is 5. The van der Waals surface area contributed by atoms with Crippen LogP contribution in [0.15, 0.2) is 158 Å². The third-order valence-corrected chi connectivity index (χ3v) is 9.57. The lowest BCUT2D eigenvalue weighted by Crippen LogP contribution is -2.22. The van der Waals surface area contributed by atoms with Gasteiger partial charge >= 0.3 is 0 Å². The number of hydrogen-bond donors (Lipinski definition) is 0. The Hall–Kier alpha value is -4.83. The van der Waals surface area contributed by atoms with Gasteiger partial charge in [-0.05, 0) is 48.5 Å². The van der Waals surface area contributed by atoms with Gasteiger partial charge in [0.05, 0.1) is 42.6 Å². The summed E-state index contributed by atoms with van der Waals surface area (Å²) in [5.74, 6) is 2.56. The molecule has 0 N–H and O–H groups in total. The highest BCUT2D eigenvalue weighted by molar-refractivity contribution is 6.53. The minimum absolute atomic E-state index is 0.283. The average Bonchev–Trinajstić information content (AvgIpc) is 3.10. The van der Waals surface area contributed by atoms with Crippen LogP contribution < -0.4 is 19.8 Å². The third-order valence-electron chi connectivity index (χ3n) is 6.94. The summed E-state index contributed by atoms with van der Waals surface area (Å²) in [5.41, 5.74) is 1.66. The number of rotatable bonds is 14. The molecule has 7 heteroatoms. The Balaban J connectivity index is 1.30. The first kappa shape index (κ1) is 30.2. The first-order valence-electron chi connectivity index (χ1n) is 14.9. The van der Waals surface area contributed by atoms with Crippen molar-refractivity contribution in [1.82, 2.24) is 9.97 Å². The Labute approximate surface area is 269 Å². The molecule has 2 atom stereocenters. The molecule has 45 heavy (non-hydrogen) atoms. The van der Waals surface area contributed by atoms with E-state index in [1.165, 1.54) is 10.4 Å². The number of para-hydroxylation sites is 2. The summed E-state index contributed by atoms with van der Waals surface area (Å²) in [7, 11) is 1.09. The van der Waals surface area contributed by atoms with Crippen LogP contribution in [0.3, 0.4) is 0 Å². The van der Waals surface area contributed by atoms with Crippen LogP contribution in [-0.4, -0.2) is 29.0 Å². The van der Waals surface area contributed by atoms with E-state index in [0.717, 1.165) is 35.0 Å². The largest absolute Gasteiger partial charge is 0.439 e. The van der Waals surface area contributed by atoms with Crippen LogP contribution in [0, 0.1) is 0 Å². The fraction of sp³-hybridized carbons (Fsp3) is 0.105. The molecule has 220 valence electrons. The van der Waals surface area contributed by atoms with Crippen molar-refractivity contribution in [2.24, 2.45) is 0 Å². The van der Waals surface area contributed by atoms with Crippen LogP contribution >= 0.6 is 0 Å². The second-order valence-corrected chi connectivity index (χ2v) is 12.9. The lowest BCUT2D eigenvalue weighted by molar-refractivity contribution is 0.00129. The molecule has 0 saturated carbocycles. The van der Waals surface area contributed by atoms with Gasteiger partial charge < -0.3 is 14.2 Å². The molecule has 0 aliphatic heterocycles. The van der Waals surface area contributed by atoms with E-state index < -0.39 is 0 Å². The highest BCUT2D eigenvalue weighted by Crippen LogP contribution is 2.33. The van der Waals surface area contributed by atoms with Crippen molar-refractivity contribution in [3.63, 3.8) is 0 Å². The zero-order valence-electron chi connectivity index (χ0n) is 24.7. The normalized spacial score (nSPS) is 12.3. The van der Waals surface area contributed by atoms with E-state index >= 15 is 0 Å². The van der Waals surface area contributed by atoms with E-state index in [0.29, 0.717) is 30.8 Å².